The molecule has 0 heterocycles. The molecule has 1 fully saturated rings. The van der Waals surface area contributed by atoms with Crippen molar-refractivity contribution in [1.29, 1.82) is 0 Å². The molecule has 6 nitrogen and oxygen atoms in total. The molecule has 21 heavy (non-hydrogen) atoms. The summed E-state index contributed by atoms with van der Waals surface area (Å²) in [7, 11) is -3.93. The summed E-state index contributed by atoms with van der Waals surface area (Å²) >= 11 is 3.21. The first-order valence-corrected chi connectivity index (χ1v) is 8.83. The van der Waals surface area contributed by atoms with E-state index in [4.69, 9.17) is 9.88 Å². The van der Waals surface area contributed by atoms with Crippen LogP contribution in [0.25, 0.3) is 0 Å². The van der Waals surface area contributed by atoms with E-state index >= 15 is 0 Å². The Morgan fingerprint density at radius 3 is 2.71 bits per heavy atom. The monoisotopic (exact) mass is 376 g/mol. The van der Waals surface area contributed by atoms with Crippen LogP contribution in [0.4, 0.5) is 0 Å². The predicted molar refractivity (Wildman–Crippen MR) is 81.5 cm³/mol. The lowest BCUT2D eigenvalue weighted by Crippen LogP contribution is -2.31. The Hall–Kier alpha value is -1.12. The standard InChI is InChI=1S/C13H17BrN2O4S/c1-8-4-10(14)5-11(21(15,18)19)13(8)20-7-12(17)16-6-9-2-3-9/h4-5,9H,2-3,6-7H2,1H3,(H,16,17)(H2,15,18,19). The van der Waals surface area contributed by atoms with Gasteiger partial charge in [-0.05, 0) is 43.4 Å². The van der Waals surface area contributed by atoms with Crippen LogP contribution in [0.5, 0.6) is 5.75 Å². The maximum atomic E-state index is 11.7. The van der Waals surface area contributed by atoms with E-state index in [1.807, 2.05) is 0 Å². The van der Waals surface area contributed by atoms with Gasteiger partial charge in [0.2, 0.25) is 10.0 Å². The second-order valence-electron chi connectivity index (χ2n) is 5.13. The first-order chi connectivity index (χ1) is 9.77. The highest BCUT2D eigenvalue weighted by atomic mass is 79.9. The molecular formula is C13H17BrN2O4S. The van der Waals surface area contributed by atoms with Gasteiger partial charge in [0.25, 0.3) is 5.91 Å². The number of ether oxygens (including phenoxy) is 1. The smallest absolute Gasteiger partial charge is 0.257 e. The Balaban J connectivity index is 2.09. The number of nitrogens with one attached hydrogen (secondary N) is 1. The van der Waals surface area contributed by atoms with Crippen LogP contribution in [-0.4, -0.2) is 27.5 Å². The molecule has 3 N–H and O–H groups in total. The summed E-state index contributed by atoms with van der Waals surface area (Å²) in [5, 5.41) is 7.93. The first kappa shape index (κ1) is 16.3. The van der Waals surface area contributed by atoms with Crippen molar-refractivity contribution in [3.63, 3.8) is 0 Å². The number of primary sulfonamides is 1. The molecule has 116 valence electrons. The molecule has 1 aromatic carbocycles. The summed E-state index contributed by atoms with van der Waals surface area (Å²) < 4.78 is 29.2. The molecule has 0 atom stereocenters. The Labute approximate surface area is 132 Å². The van der Waals surface area contributed by atoms with Crippen LogP contribution in [0.2, 0.25) is 0 Å². The van der Waals surface area contributed by atoms with Crippen LogP contribution in [0.1, 0.15) is 18.4 Å². The fraction of sp³-hybridized carbons (Fsp3) is 0.462. The summed E-state index contributed by atoms with van der Waals surface area (Å²) in [4.78, 5) is 11.5. The van der Waals surface area contributed by atoms with E-state index in [2.05, 4.69) is 21.2 Å². The average Bonchev–Trinajstić information content (AvgIpc) is 3.17. The quantitative estimate of drug-likeness (QED) is 0.781. The number of nitrogens with two attached hydrogens (primary N) is 1. The van der Waals surface area contributed by atoms with E-state index in [0.717, 1.165) is 12.8 Å². The third-order valence-electron chi connectivity index (χ3n) is 3.14. The molecular weight excluding hydrogens is 360 g/mol. The van der Waals surface area contributed by atoms with Gasteiger partial charge in [-0.1, -0.05) is 15.9 Å². The Morgan fingerprint density at radius 2 is 2.14 bits per heavy atom. The highest BCUT2D eigenvalue weighted by Gasteiger charge is 2.22. The molecule has 0 bridgehead atoms. The zero-order valence-electron chi connectivity index (χ0n) is 11.6. The number of hydrogen-bond donors (Lipinski definition) is 2. The highest BCUT2D eigenvalue weighted by Crippen LogP contribution is 2.31. The molecule has 0 saturated heterocycles. The molecule has 1 aromatic rings. The van der Waals surface area contributed by atoms with Crippen molar-refractivity contribution in [2.24, 2.45) is 11.1 Å². The normalized spacial score (nSPS) is 14.8. The van der Waals surface area contributed by atoms with Crippen molar-refractivity contribution >= 4 is 31.9 Å². The van der Waals surface area contributed by atoms with Gasteiger partial charge in [0.1, 0.15) is 10.6 Å². The number of benzene rings is 1. The van der Waals surface area contributed by atoms with E-state index in [0.29, 0.717) is 22.5 Å². The molecule has 1 saturated carbocycles. The van der Waals surface area contributed by atoms with Crippen molar-refractivity contribution in [3.8, 4) is 5.75 Å². The lowest BCUT2D eigenvalue weighted by atomic mass is 10.2. The van der Waals surface area contributed by atoms with Crippen LogP contribution in [-0.2, 0) is 14.8 Å². The largest absolute Gasteiger partial charge is 0.482 e. The van der Waals surface area contributed by atoms with Crippen molar-refractivity contribution in [2.75, 3.05) is 13.2 Å². The lowest BCUT2D eigenvalue weighted by Gasteiger charge is -2.13. The minimum Gasteiger partial charge on any atom is -0.482 e. The van der Waals surface area contributed by atoms with Gasteiger partial charge in [0.15, 0.2) is 6.61 Å². The van der Waals surface area contributed by atoms with Gasteiger partial charge in [0.05, 0.1) is 0 Å². The third kappa shape index (κ3) is 4.69. The molecule has 0 unspecified atom stereocenters. The molecule has 1 amide bonds. The number of sulfonamides is 1. The minimum absolute atomic E-state index is 0.113. The van der Waals surface area contributed by atoms with Gasteiger partial charge >= 0.3 is 0 Å². The predicted octanol–water partition coefficient (Wildman–Crippen LogP) is 1.31. The van der Waals surface area contributed by atoms with E-state index < -0.39 is 10.0 Å². The van der Waals surface area contributed by atoms with Gasteiger partial charge in [-0.25, -0.2) is 13.6 Å². The number of halogens is 1. The topological polar surface area (TPSA) is 98.5 Å². The fourth-order valence-electron chi connectivity index (χ4n) is 1.86. The van der Waals surface area contributed by atoms with Gasteiger partial charge < -0.3 is 10.1 Å². The highest BCUT2D eigenvalue weighted by molar-refractivity contribution is 9.10. The molecule has 1 aliphatic rings. The van der Waals surface area contributed by atoms with Crippen molar-refractivity contribution in [3.05, 3.63) is 22.2 Å². The van der Waals surface area contributed by atoms with Crippen LogP contribution in [0, 0.1) is 12.8 Å². The Bertz CT molecular complexity index is 656. The second kappa shape index (κ2) is 6.33. The molecule has 8 heteroatoms. The van der Waals surface area contributed by atoms with Gasteiger partial charge in [-0.15, -0.1) is 0 Å². The summed E-state index contributed by atoms with van der Waals surface area (Å²) in [5.74, 6) is 0.412. The molecule has 0 aromatic heterocycles. The second-order valence-corrected chi connectivity index (χ2v) is 7.58. The van der Waals surface area contributed by atoms with Crippen LogP contribution in [0.3, 0.4) is 0 Å². The molecule has 1 aliphatic carbocycles. The van der Waals surface area contributed by atoms with Crippen LogP contribution >= 0.6 is 15.9 Å². The van der Waals surface area contributed by atoms with Gasteiger partial charge in [-0.2, -0.15) is 0 Å². The first-order valence-electron chi connectivity index (χ1n) is 6.50. The zero-order chi connectivity index (χ0) is 15.6. The van der Waals surface area contributed by atoms with E-state index in [9.17, 15) is 13.2 Å². The van der Waals surface area contributed by atoms with Crippen LogP contribution < -0.4 is 15.2 Å². The Morgan fingerprint density at radius 1 is 1.48 bits per heavy atom. The van der Waals surface area contributed by atoms with Crippen molar-refractivity contribution in [1.82, 2.24) is 5.32 Å². The number of carbonyl (C=O) groups is 1. The zero-order valence-corrected chi connectivity index (χ0v) is 14.0. The summed E-state index contributed by atoms with van der Waals surface area (Å²) in [6.45, 7) is 2.10. The third-order valence-corrected chi connectivity index (χ3v) is 4.52. The average molecular weight is 377 g/mol. The maximum Gasteiger partial charge on any atom is 0.257 e. The number of rotatable bonds is 6. The van der Waals surface area contributed by atoms with Gasteiger partial charge in [-0.3, -0.25) is 4.79 Å². The van der Waals surface area contributed by atoms with E-state index in [-0.39, 0.29) is 23.2 Å². The van der Waals surface area contributed by atoms with Crippen LogP contribution in [0.15, 0.2) is 21.5 Å². The number of amides is 1. The lowest BCUT2D eigenvalue weighted by molar-refractivity contribution is -0.123. The summed E-state index contributed by atoms with van der Waals surface area (Å²) in [5.41, 5.74) is 0.586. The molecule has 0 radical (unpaired) electrons. The summed E-state index contributed by atoms with van der Waals surface area (Å²) in [6.07, 6.45) is 2.28. The molecule has 2 rings (SSSR count). The number of carbonyl (C=O) groups excluding carboxylic acids is 1. The molecule has 0 aliphatic heterocycles. The summed E-state index contributed by atoms with van der Waals surface area (Å²) in [6, 6.07) is 3.06. The molecule has 0 spiro atoms. The number of hydrogen-bond acceptors (Lipinski definition) is 4. The fourth-order valence-corrected chi connectivity index (χ4v) is 3.36. The number of aryl methyl sites for hydroxylation is 1. The van der Waals surface area contributed by atoms with Crippen molar-refractivity contribution < 1.29 is 17.9 Å². The van der Waals surface area contributed by atoms with Crippen molar-refractivity contribution in [2.45, 2.75) is 24.7 Å². The SMILES string of the molecule is Cc1cc(Br)cc(S(N)(=O)=O)c1OCC(=O)NCC1CC1. The van der Waals surface area contributed by atoms with Gasteiger partial charge in [0, 0.05) is 11.0 Å². The van der Waals surface area contributed by atoms with E-state index in [1.54, 1.807) is 13.0 Å². The minimum atomic E-state index is -3.93. The Kier molecular flexibility index (Phi) is 4.90. The van der Waals surface area contributed by atoms with E-state index in [1.165, 1.54) is 6.07 Å². The maximum absolute atomic E-state index is 11.7.